The lowest BCUT2D eigenvalue weighted by atomic mass is 10.0. The van der Waals surface area contributed by atoms with Crippen LogP contribution in [-0.2, 0) is 28.6 Å². The van der Waals surface area contributed by atoms with Gasteiger partial charge in [-0.3, -0.25) is 14.4 Å². The Kier molecular flexibility index (Phi) is 66.1. The van der Waals surface area contributed by atoms with E-state index in [0.29, 0.717) is 19.3 Å². The van der Waals surface area contributed by atoms with Gasteiger partial charge in [0.25, 0.3) is 0 Å². The summed E-state index contributed by atoms with van der Waals surface area (Å²) < 4.78 is 16.9. The summed E-state index contributed by atoms with van der Waals surface area (Å²) in [5, 5.41) is 0. The van der Waals surface area contributed by atoms with Gasteiger partial charge in [0.1, 0.15) is 13.2 Å². The molecule has 80 heavy (non-hydrogen) atoms. The second-order valence-electron chi connectivity index (χ2n) is 23.8. The van der Waals surface area contributed by atoms with E-state index in [2.05, 4.69) is 81.5 Å². The molecular weight excluding hydrogens is 985 g/mol. The standard InChI is InChI=1S/C74H134O6/c1-4-7-10-13-16-19-22-24-26-28-29-30-31-32-33-34-35-36-37-38-39-40-41-42-43-44-45-46-48-49-52-55-58-61-64-67-73(76)79-70-71(69-78-72(75)66-63-60-57-54-51-21-18-15-12-9-6-3)80-74(77)68-65-62-59-56-53-50-47-27-25-23-20-17-14-11-8-5-2/h7,10,16,19,24,26-27,29-30,47,71H,4-6,8-9,11-15,17-18,20-23,25,28,31-46,48-70H2,1-3H3/b10-7-,19-16-,26-24-,30-29-,47-27-. The topological polar surface area (TPSA) is 78.9 Å². The maximum Gasteiger partial charge on any atom is 0.306 e. The number of unbranched alkanes of at least 4 members (excludes halogenated alkanes) is 44. The zero-order valence-corrected chi connectivity index (χ0v) is 53.6. The highest BCUT2D eigenvalue weighted by molar-refractivity contribution is 5.71. The fourth-order valence-electron chi connectivity index (χ4n) is 10.5. The van der Waals surface area contributed by atoms with Crippen molar-refractivity contribution >= 4 is 17.9 Å². The summed E-state index contributed by atoms with van der Waals surface area (Å²) in [5.41, 5.74) is 0. The van der Waals surface area contributed by atoms with Gasteiger partial charge in [-0.05, 0) is 83.5 Å². The minimum absolute atomic E-state index is 0.0707. The first-order valence-electron chi connectivity index (χ1n) is 35.3. The van der Waals surface area contributed by atoms with E-state index in [0.717, 1.165) is 89.9 Å². The average Bonchev–Trinajstić information content (AvgIpc) is 3.46. The van der Waals surface area contributed by atoms with Crippen molar-refractivity contribution in [2.45, 2.75) is 380 Å². The van der Waals surface area contributed by atoms with Crippen molar-refractivity contribution in [3.8, 4) is 0 Å². The Bertz CT molecular complexity index is 1430. The van der Waals surface area contributed by atoms with E-state index in [1.807, 2.05) is 0 Å². The summed E-state index contributed by atoms with van der Waals surface area (Å²) in [4.78, 5) is 38.3. The van der Waals surface area contributed by atoms with E-state index in [1.54, 1.807) is 0 Å². The fraction of sp³-hybridized carbons (Fsp3) is 0.824. The maximum atomic E-state index is 12.9. The van der Waals surface area contributed by atoms with Crippen LogP contribution >= 0.6 is 0 Å². The molecule has 0 saturated carbocycles. The van der Waals surface area contributed by atoms with Crippen LogP contribution in [0, 0.1) is 0 Å². The number of allylic oxidation sites excluding steroid dienone is 10. The number of hydrogen-bond donors (Lipinski definition) is 0. The van der Waals surface area contributed by atoms with Gasteiger partial charge in [-0.15, -0.1) is 0 Å². The molecule has 0 amide bonds. The third-order valence-electron chi connectivity index (χ3n) is 15.8. The van der Waals surface area contributed by atoms with Crippen molar-refractivity contribution in [2.75, 3.05) is 13.2 Å². The molecule has 466 valence electrons. The number of ether oxygens (including phenoxy) is 3. The normalized spacial score (nSPS) is 12.4. The molecule has 0 fully saturated rings. The number of carbonyl (C=O) groups excluding carboxylic acids is 3. The van der Waals surface area contributed by atoms with Gasteiger partial charge in [0.15, 0.2) is 6.10 Å². The third-order valence-corrected chi connectivity index (χ3v) is 15.8. The van der Waals surface area contributed by atoms with Gasteiger partial charge in [0, 0.05) is 19.3 Å². The molecule has 6 heteroatoms. The van der Waals surface area contributed by atoms with Crippen molar-refractivity contribution in [1.29, 1.82) is 0 Å². The summed E-state index contributed by atoms with van der Waals surface area (Å²) in [7, 11) is 0. The van der Waals surface area contributed by atoms with Crippen LogP contribution in [0.4, 0.5) is 0 Å². The molecule has 0 rings (SSSR count). The summed E-state index contributed by atoms with van der Waals surface area (Å²) in [5.74, 6) is -0.856. The van der Waals surface area contributed by atoms with Gasteiger partial charge in [-0.1, -0.05) is 332 Å². The second-order valence-corrected chi connectivity index (χ2v) is 23.8. The zero-order chi connectivity index (χ0) is 57.8. The molecule has 0 saturated heterocycles. The Morgan fingerprint density at radius 2 is 0.487 bits per heavy atom. The summed E-state index contributed by atoms with van der Waals surface area (Å²) in [6.45, 7) is 6.56. The minimum atomic E-state index is -0.773. The van der Waals surface area contributed by atoms with E-state index < -0.39 is 6.10 Å². The number of hydrogen-bond acceptors (Lipinski definition) is 6. The molecule has 0 aliphatic rings. The molecule has 1 unspecified atom stereocenters. The molecule has 0 aromatic rings. The lowest BCUT2D eigenvalue weighted by Gasteiger charge is -2.18. The SMILES string of the molecule is CC/C=C\C/C=C\C/C=C\C/C=C\CCCCCCCCCCCCCCCCCCCCCCCCC(=O)OCC(COC(=O)CCCCCCCCCCCCC)OC(=O)CCCCCCC/C=C\CCCCCCCCC. The molecule has 0 radical (unpaired) electrons. The zero-order valence-electron chi connectivity index (χ0n) is 53.6. The van der Waals surface area contributed by atoms with Crippen LogP contribution in [0.3, 0.4) is 0 Å². The van der Waals surface area contributed by atoms with E-state index in [9.17, 15) is 14.4 Å². The largest absolute Gasteiger partial charge is 0.462 e. The molecule has 1 atom stereocenters. The van der Waals surface area contributed by atoms with Crippen LogP contribution < -0.4 is 0 Å². The van der Waals surface area contributed by atoms with Gasteiger partial charge in [0.05, 0.1) is 0 Å². The molecule has 0 aromatic heterocycles. The third kappa shape index (κ3) is 65.9. The Morgan fingerprint density at radius 1 is 0.263 bits per heavy atom. The summed E-state index contributed by atoms with van der Waals surface area (Å²) in [6.07, 6.45) is 88.4. The number of esters is 3. The lowest BCUT2D eigenvalue weighted by molar-refractivity contribution is -0.167. The molecular formula is C74H134O6. The first-order valence-corrected chi connectivity index (χ1v) is 35.3. The number of carbonyl (C=O) groups is 3. The Morgan fingerprint density at radius 3 is 0.775 bits per heavy atom. The Hall–Kier alpha value is -2.89. The molecule has 0 bridgehead atoms. The quantitative estimate of drug-likeness (QED) is 0.0261. The van der Waals surface area contributed by atoms with E-state index in [4.69, 9.17) is 14.2 Å². The molecule has 0 aromatic carbocycles. The molecule has 0 heterocycles. The predicted octanol–water partition coefficient (Wildman–Crippen LogP) is 24.3. The first-order chi connectivity index (χ1) is 39.5. The van der Waals surface area contributed by atoms with Crippen LogP contribution in [0.25, 0.3) is 0 Å². The summed E-state index contributed by atoms with van der Waals surface area (Å²) >= 11 is 0. The van der Waals surface area contributed by atoms with Gasteiger partial charge >= 0.3 is 17.9 Å². The van der Waals surface area contributed by atoms with Crippen LogP contribution in [-0.4, -0.2) is 37.2 Å². The van der Waals surface area contributed by atoms with Crippen LogP contribution in [0.5, 0.6) is 0 Å². The molecule has 6 nitrogen and oxygen atoms in total. The fourth-order valence-corrected chi connectivity index (χ4v) is 10.5. The van der Waals surface area contributed by atoms with Crippen LogP contribution in [0.1, 0.15) is 374 Å². The van der Waals surface area contributed by atoms with Gasteiger partial charge in [-0.2, -0.15) is 0 Å². The molecule has 0 N–H and O–H groups in total. The van der Waals surface area contributed by atoms with Crippen molar-refractivity contribution in [1.82, 2.24) is 0 Å². The van der Waals surface area contributed by atoms with Crippen molar-refractivity contribution in [3.05, 3.63) is 60.8 Å². The van der Waals surface area contributed by atoms with Crippen molar-refractivity contribution in [3.63, 3.8) is 0 Å². The highest BCUT2D eigenvalue weighted by Crippen LogP contribution is 2.18. The number of rotatable bonds is 65. The van der Waals surface area contributed by atoms with E-state index >= 15 is 0 Å². The smallest absolute Gasteiger partial charge is 0.306 e. The minimum Gasteiger partial charge on any atom is -0.462 e. The van der Waals surface area contributed by atoms with Gasteiger partial charge in [-0.25, -0.2) is 0 Å². The van der Waals surface area contributed by atoms with Crippen molar-refractivity contribution in [2.24, 2.45) is 0 Å². The van der Waals surface area contributed by atoms with E-state index in [1.165, 1.54) is 244 Å². The Labute approximate surface area is 498 Å². The average molecular weight is 1120 g/mol. The Balaban J connectivity index is 4.04. The lowest BCUT2D eigenvalue weighted by Crippen LogP contribution is -2.30. The maximum absolute atomic E-state index is 12.9. The molecule has 0 spiro atoms. The van der Waals surface area contributed by atoms with Crippen molar-refractivity contribution < 1.29 is 28.6 Å². The van der Waals surface area contributed by atoms with Crippen LogP contribution in [0.15, 0.2) is 60.8 Å². The highest BCUT2D eigenvalue weighted by atomic mass is 16.6. The van der Waals surface area contributed by atoms with Gasteiger partial charge < -0.3 is 14.2 Å². The van der Waals surface area contributed by atoms with Gasteiger partial charge in [0.2, 0.25) is 0 Å². The first kappa shape index (κ1) is 77.1. The second kappa shape index (κ2) is 68.6. The molecule has 0 aliphatic carbocycles. The highest BCUT2D eigenvalue weighted by Gasteiger charge is 2.19. The summed E-state index contributed by atoms with van der Waals surface area (Å²) in [6, 6.07) is 0. The van der Waals surface area contributed by atoms with Crippen LogP contribution in [0.2, 0.25) is 0 Å². The predicted molar refractivity (Wildman–Crippen MR) is 348 cm³/mol. The molecule has 0 aliphatic heterocycles. The van der Waals surface area contributed by atoms with E-state index in [-0.39, 0.29) is 31.1 Å². The monoisotopic (exact) mass is 1120 g/mol.